The van der Waals surface area contributed by atoms with Crippen molar-refractivity contribution >= 4 is 0 Å². The quantitative estimate of drug-likeness (QED) is 0.906. The van der Waals surface area contributed by atoms with Gasteiger partial charge >= 0.3 is 0 Å². The Morgan fingerprint density at radius 1 is 1.26 bits per heavy atom. The second-order valence-corrected chi connectivity index (χ2v) is 5.97. The zero-order chi connectivity index (χ0) is 14.0. The second-order valence-electron chi connectivity index (χ2n) is 5.97. The van der Waals surface area contributed by atoms with E-state index in [-0.39, 0.29) is 12.1 Å². The summed E-state index contributed by atoms with van der Waals surface area (Å²) in [7, 11) is 0. The summed E-state index contributed by atoms with van der Waals surface area (Å²) in [6.45, 7) is 9.65. The molecular formula is C16H26N2O. The summed E-state index contributed by atoms with van der Waals surface area (Å²) >= 11 is 0. The summed E-state index contributed by atoms with van der Waals surface area (Å²) in [6.07, 6.45) is 1.27. The molecule has 1 aliphatic heterocycles. The fourth-order valence-electron chi connectivity index (χ4n) is 2.90. The van der Waals surface area contributed by atoms with E-state index in [4.69, 9.17) is 10.5 Å². The first-order valence-corrected chi connectivity index (χ1v) is 7.27. The molecule has 2 rings (SSSR count). The number of likely N-dealkylation sites (tertiary alicyclic amines) is 1. The van der Waals surface area contributed by atoms with Crippen molar-refractivity contribution in [2.24, 2.45) is 5.73 Å². The molecule has 0 bridgehead atoms. The maximum absolute atomic E-state index is 6.31. The van der Waals surface area contributed by atoms with Crippen LogP contribution in [-0.4, -0.2) is 29.6 Å². The molecule has 3 nitrogen and oxygen atoms in total. The lowest BCUT2D eigenvalue weighted by Crippen LogP contribution is -2.35. The first kappa shape index (κ1) is 14.4. The number of nitrogens with zero attached hydrogens (tertiary/aromatic N) is 1. The molecule has 1 aromatic carbocycles. The Bertz CT molecular complexity index is 417. The molecule has 3 heteroatoms. The monoisotopic (exact) mass is 262 g/mol. The molecule has 0 aliphatic carbocycles. The van der Waals surface area contributed by atoms with Gasteiger partial charge in [0, 0.05) is 18.6 Å². The summed E-state index contributed by atoms with van der Waals surface area (Å²) in [4.78, 5) is 2.49. The first-order valence-electron chi connectivity index (χ1n) is 7.27. The minimum Gasteiger partial charge on any atom is -0.491 e. The van der Waals surface area contributed by atoms with Gasteiger partial charge in [0.2, 0.25) is 0 Å². The molecule has 0 spiro atoms. The molecule has 1 saturated heterocycles. The number of nitrogens with two attached hydrogens (primary N) is 1. The van der Waals surface area contributed by atoms with E-state index in [1.165, 1.54) is 5.56 Å². The summed E-state index contributed by atoms with van der Waals surface area (Å²) in [6, 6.07) is 9.45. The van der Waals surface area contributed by atoms with E-state index in [1.807, 2.05) is 19.9 Å². The minimum atomic E-state index is 0.203. The predicted molar refractivity (Wildman–Crippen MR) is 79.4 cm³/mol. The average Bonchev–Trinajstić information content (AvgIpc) is 2.70. The van der Waals surface area contributed by atoms with Crippen LogP contribution in [0.3, 0.4) is 0 Å². The number of ether oxygens (including phenoxy) is 1. The molecule has 1 heterocycles. The van der Waals surface area contributed by atoms with Gasteiger partial charge in [-0.15, -0.1) is 0 Å². The van der Waals surface area contributed by atoms with E-state index in [0.29, 0.717) is 12.1 Å². The number of rotatable bonds is 4. The highest BCUT2D eigenvalue weighted by molar-refractivity contribution is 5.32. The molecule has 0 amide bonds. The van der Waals surface area contributed by atoms with Crippen LogP contribution in [0.5, 0.6) is 5.75 Å². The van der Waals surface area contributed by atoms with Crippen molar-refractivity contribution in [3.05, 3.63) is 29.8 Å². The van der Waals surface area contributed by atoms with Gasteiger partial charge in [0.05, 0.1) is 12.1 Å². The van der Waals surface area contributed by atoms with Crippen molar-refractivity contribution in [2.45, 2.75) is 58.3 Å². The lowest BCUT2D eigenvalue weighted by Gasteiger charge is -2.30. The van der Waals surface area contributed by atoms with Gasteiger partial charge in [-0.2, -0.15) is 0 Å². The Hall–Kier alpha value is -1.06. The molecule has 2 unspecified atom stereocenters. The van der Waals surface area contributed by atoms with E-state index in [0.717, 1.165) is 18.7 Å². The topological polar surface area (TPSA) is 38.5 Å². The van der Waals surface area contributed by atoms with Gasteiger partial charge < -0.3 is 10.5 Å². The van der Waals surface area contributed by atoms with Gasteiger partial charge in [0.15, 0.2) is 0 Å². The Morgan fingerprint density at radius 3 is 2.63 bits per heavy atom. The lowest BCUT2D eigenvalue weighted by atomic mass is 10.00. The Labute approximate surface area is 116 Å². The van der Waals surface area contributed by atoms with Crippen LogP contribution in [0.15, 0.2) is 24.3 Å². The summed E-state index contributed by atoms with van der Waals surface area (Å²) < 4.78 is 5.79. The van der Waals surface area contributed by atoms with Gasteiger partial charge in [-0.1, -0.05) is 12.1 Å². The van der Waals surface area contributed by atoms with Crippen molar-refractivity contribution in [3.8, 4) is 5.75 Å². The van der Waals surface area contributed by atoms with Crippen LogP contribution in [-0.2, 0) is 0 Å². The molecule has 1 aliphatic rings. The third-order valence-electron chi connectivity index (χ3n) is 3.72. The van der Waals surface area contributed by atoms with Crippen molar-refractivity contribution in [2.75, 3.05) is 6.54 Å². The third kappa shape index (κ3) is 3.28. The predicted octanol–water partition coefficient (Wildman–Crippen LogP) is 2.96. The highest BCUT2D eigenvalue weighted by Gasteiger charge is 2.34. The zero-order valence-electron chi connectivity index (χ0n) is 12.5. The highest BCUT2D eigenvalue weighted by Crippen LogP contribution is 2.34. The van der Waals surface area contributed by atoms with E-state index >= 15 is 0 Å². The maximum atomic E-state index is 6.31. The van der Waals surface area contributed by atoms with Crippen molar-refractivity contribution < 1.29 is 4.74 Å². The van der Waals surface area contributed by atoms with Gasteiger partial charge in [0.25, 0.3) is 0 Å². The average molecular weight is 262 g/mol. The van der Waals surface area contributed by atoms with E-state index in [9.17, 15) is 0 Å². The number of hydrogen-bond acceptors (Lipinski definition) is 3. The van der Waals surface area contributed by atoms with Crippen LogP contribution in [0.1, 0.15) is 45.7 Å². The second kappa shape index (κ2) is 5.93. The van der Waals surface area contributed by atoms with Gasteiger partial charge in [0.1, 0.15) is 5.75 Å². The third-order valence-corrected chi connectivity index (χ3v) is 3.72. The zero-order valence-corrected chi connectivity index (χ0v) is 12.5. The fraction of sp³-hybridized carbons (Fsp3) is 0.625. The van der Waals surface area contributed by atoms with E-state index < -0.39 is 0 Å². The Morgan fingerprint density at radius 2 is 2.00 bits per heavy atom. The van der Waals surface area contributed by atoms with Crippen LogP contribution in [0.2, 0.25) is 0 Å². The molecule has 0 aromatic heterocycles. The van der Waals surface area contributed by atoms with E-state index in [2.05, 4.69) is 36.9 Å². The van der Waals surface area contributed by atoms with Crippen LogP contribution >= 0.6 is 0 Å². The van der Waals surface area contributed by atoms with Crippen molar-refractivity contribution in [3.63, 3.8) is 0 Å². The molecule has 106 valence electrons. The molecule has 1 aromatic rings. The highest BCUT2D eigenvalue weighted by atomic mass is 16.5. The molecule has 0 radical (unpaired) electrons. The molecule has 19 heavy (non-hydrogen) atoms. The summed E-state index contributed by atoms with van der Waals surface area (Å²) in [5.41, 5.74) is 7.58. The SMILES string of the molecule is CC(C)Oc1cccc(C2C(N)CCN2C(C)C)c1. The van der Waals surface area contributed by atoms with Crippen LogP contribution < -0.4 is 10.5 Å². The smallest absolute Gasteiger partial charge is 0.120 e. The number of benzene rings is 1. The Kier molecular flexibility index (Phi) is 4.48. The van der Waals surface area contributed by atoms with Gasteiger partial charge in [-0.05, 0) is 51.8 Å². The van der Waals surface area contributed by atoms with Gasteiger partial charge in [-0.25, -0.2) is 0 Å². The molecule has 2 N–H and O–H groups in total. The maximum Gasteiger partial charge on any atom is 0.120 e. The molecule has 2 atom stereocenters. The molecule has 0 saturated carbocycles. The van der Waals surface area contributed by atoms with E-state index in [1.54, 1.807) is 0 Å². The summed E-state index contributed by atoms with van der Waals surface area (Å²) in [5.74, 6) is 0.940. The van der Waals surface area contributed by atoms with Crippen LogP contribution in [0.4, 0.5) is 0 Å². The van der Waals surface area contributed by atoms with Crippen LogP contribution in [0, 0.1) is 0 Å². The lowest BCUT2D eigenvalue weighted by molar-refractivity contribution is 0.197. The van der Waals surface area contributed by atoms with Crippen molar-refractivity contribution in [1.82, 2.24) is 4.90 Å². The molecule has 1 fully saturated rings. The Balaban J connectivity index is 2.24. The normalized spacial score (nSPS) is 24.4. The minimum absolute atomic E-state index is 0.203. The van der Waals surface area contributed by atoms with Gasteiger partial charge in [-0.3, -0.25) is 4.90 Å². The van der Waals surface area contributed by atoms with Crippen LogP contribution in [0.25, 0.3) is 0 Å². The largest absolute Gasteiger partial charge is 0.491 e. The fourth-order valence-corrected chi connectivity index (χ4v) is 2.90. The molecular weight excluding hydrogens is 236 g/mol. The van der Waals surface area contributed by atoms with Crippen molar-refractivity contribution in [1.29, 1.82) is 0 Å². The standard InChI is InChI=1S/C16H26N2O/c1-11(2)18-9-8-15(17)16(18)13-6-5-7-14(10-13)19-12(3)4/h5-7,10-12,15-16H,8-9,17H2,1-4H3. The summed E-state index contributed by atoms with van der Waals surface area (Å²) in [5, 5.41) is 0. The number of hydrogen-bond donors (Lipinski definition) is 1. The first-order chi connectivity index (χ1) is 8.99.